The number of carboxylic acid groups (broad SMARTS) is 1. The van der Waals surface area contributed by atoms with E-state index in [4.69, 9.17) is 5.11 Å². The van der Waals surface area contributed by atoms with Crippen LogP contribution in [0.2, 0.25) is 0 Å². The van der Waals surface area contributed by atoms with Crippen LogP contribution in [-0.2, 0) is 6.54 Å². The number of hydrogen-bond acceptors (Lipinski definition) is 4. The summed E-state index contributed by atoms with van der Waals surface area (Å²) in [4.78, 5) is 15.2. The quantitative estimate of drug-likeness (QED) is 0.836. The molecular weight excluding hydrogens is 232 g/mol. The number of rotatable bonds is 2. The predicted molar refractivity (Wildman–Crippen MR) is 66.3 cm³/mol. The van der Waals surface area contributed by atoms with E-state index in [0.717, 1.165) is 5.69 Å². The number of aromatic carboxylic acids is 1. The van der Waals surface area contributed by atoms with Gasteiger partial charge in [0.25, 0.3) is 0 Å². The van der Waals surface area contributed by atoms with Crippen LogP contribution in [0.4, 0.5) is 5.82 Å². The molecule has 1 aromatic carbocycles. The number of fused-ring (bicyclic) bond motifs is 1. The maximum Gasteiger partial charge on any atom is 0.356 e. The summed E-state index contributed by atoms with van der Waals surface area (Å²) in [6, 6.07) is 9.38. The minimum atomic E-state index is -1.04. The molecule has 2 N–H and O–H groups in total. The van der Waals surface area contributed by atoms with Gasteiger partial charge in [-0.2, -0.15) is 5.10 Å². The Hall–Kier alpha value is -2.63. The molecule has 0 amide bonds. The molecule has 0 radical (unpaired) electrons. The summed E-state index contributed by atoms with van der Waals surface area (Å²) in [5, 5.41) is 16.2. The monoisotopic (exact) mass is 242 g/mol. The van der Waals surface area contributed by atoms with Crippen LogP contribution in [0.5, 0.6) is 0 Å². The van der Waals surface area contributed by atoms with Gasteiger partial charge in [0.05, 0.1) is 24.1 Å². The Morgan fingerprint density at radius 3 is 2.83 bits per heavy atom. The molecule has 1 aliphatic rings. The Labute approximate surface area is 103 Å². The van der Waals surface area contributed by atoms with Crippen molar-refractivity contribution in [3.8, 4) is 5.69 Å². The van der Waals surface area contributed by atoms with E-state index in [2.05, 4.69) is 15.4 Å². The summed E-state index contributed by atoms with van der Waals surface area (Å²) in [6.07, 6.45) is 1.55. The average molecular weight is 242 g/mol. The van der Waals surface area contributed by atoms with Gasteiger partial charge in [0, 0.05) is 0 Å². The molecule has 2 aromatic rings. The minimum absolute atomic E-state index is 0.0400. The molecule has 2 heterocycles. The number of anilines is 1. The molecule has 90 valence electrons. The number of benzene rings is 1. The molecule has 0 spiro atoms. The number of hydrogen-bond donors (Lipinski definition) is 2. The minimum Gasteiger partial charge on any atom is -0.476 e. The maximum atomic E-state index is 11.2. The highest BCUT2D eigenvalue weighted by Crippen LogP contribution is 2.26. The average Bonchev–Trinajstić information content (AvgIpc) is 2.79. The molecule has 6 nitrogen and oxygen atoms in total. The van der Waals surface area contributed by atoms with Crippen molar-refractivity contribution in [2.75, 3.05) is 5.32 Å². The summed E-state index contributed by atoms with van der Waals surface area (Å²) in [5.41, 5.74) is 1.45. The molecule has 0 aliphatic carbocycles. The van der Waals surface area contributed by atoms with E-state index in [1.165, 1.54) is 0 Å². The molecule has 1 aromatic heterocycles. The molecule has 0 saturated carbocycles. The van der Waals surface area contributed by atoms with Crippen LogP contribution in [0.15, 0.2) is 35.3 Å². The van der Waals surface area contributed by atoms with Gasteiger partial charge in [0.1, 0.15) is 5.82 Å². The first-order chi connectivity index (χ1) is 8.77. The number of aliphatic imine (C=N–C) groups is 1. The third-order valence-electron chi connectivity index (χ3n) is 2.73. The lowest BCUT2D eigenvalue weighted by atomic mass is 10.2. The molecule has 0 unspecified atom stereocenters. The van der Waals surface area contributed by atoms with Gasteiger partial charge in [-0.1, -0.05) is 18.2 Å². The van der Waals surface area contributed by atoms with Gasteiger partial charge in [-0.15, -0.1) is 0 Å². The van der Waals surface area contributed by atoms with E-state index in [9.17, 15) is 4.79 Å². The van der Waals surface area contributed by atoms with Gasteiger partial charge >= 0.3 is 5.97 Å². The Morgan fingerprint density at radius 1 is 1.33 bits per heavy atom. The van der Waals surface area contributed by atoms with Crippen molar-refractivity contribution in [3.63, 3.8) is 0 Å². The summed E-state index contributed by atoms with van der Waals surface area (Å²) in [5.74, 6) is -0.381. The summed E-state index contributed by atoms with van der Waals surface area (Å²) < 4.78 is 1.59. The zero-order valence-electron chi connectivity index (χ0n) is 9.37. The standard InChI is InChI=1S/C12H10N4O2/c17-12(18)10-9-6-13-7-14-11(9)16(15-10)8-4-2-1-3-5-8/h1-5,7H,6H2,(H,13,14)(H,17,18). The molecule has 1 aliphatic heterocycles. The number of carbonyl (C=O) groups is 1. The van der Waals surface area contributed by atoms with Crippen molar-refractivity contribution in [2.24, 2.45) is 4.99 Å². The Kier molecular flexibility index (Phi) is 2.33. The lowest BCUT2D eigenvalue weighted by Gasteiger charge is -2.10. The molecule has 0 fully saturated rings. The molecule has 18 heavy (non-hydrogen) atoms. The van der Waals surface area contributed by atoms with Gasteiger partial charge in [0.15, 0.2) is 5.69 Å². The first-order valence-corrected chi connectivity index (χ1v) is 5.43. The highest BCUT2D eigenvalue weighted by Gasteiger charge is 2.24. The fraction of sp³-hybridized carbons (Fsp3) is 0.0833. The summed E-state index contributed by atoms with van der Waals surface area (Å²) in [7, 11) is 0. The van der Waals surface area contributed by atoms with Gasteiger partial charge < -0.3 is 10.4 Å². The number of aromatic nitrogens is 2. The normalized spacial score (nSPS) is 12.9. The first-order valence-electron chi connectivity index (χ1n) is 5.43. The zero-order chi connectivity index (χ0) is 12.5. The van der Waals surface area contributed by atoms with E-state index in [-0.39, 0.29) is 5.69 Å². The van der Waals surface area contributed by atoms with E-state index >= 15 is 0 Å². The third kappa shape index (κ3) is 1.55. The van der Waals surface area contributed by atoms with Crippen molar-refractivity contribution in [1.29, 1.82) is 0 Å². The van der Waals surface area contributed by atoms with Crippen molar-refractivity contribution in [2.45, 2.75) is 6.54 Å². The molecule has 0 saturated heterocycles. The van der Waals surface area contributed by atoms with Crippen LogP contribution in [0, 0.1) is 0 Å². The number of nitrogens with one attached hydrogen (secondary N) is 1. The second-order valence-corrected chi connectivity index (χ2v) is 3.84. The van der Waals surface area contributed by atoms with Gasteiger partial charge in [0.2, 0.25) is 0 Å². The van der Waals surface area contributed by atoms with Crippen LogP contribution in [0.25, 0.3) is 5.69 Å². The summed E-state index contributed by atoms with van der Waals surface area (Å²) in [6.45, 7) is 0.330. The second kappa shape index (κ2) is 3.99. The van der Waals surface area contributed by atoms with Crippen molar-refractivity contribution in [3.05, 3.63) is 41.6 Å². The summed E-state index contributed by atoms with van der Waals surface area (Å²) >= 11 is 0. The predicted octanol–water partition coefficient (Wildman–Crippen LogP) is 1.52. The highest BCUT2D eigenvalue weighted by molar-refractivity contribution is 5.91. The maximum absolute atomic E-state index is 11.2. The number of para-hydroxylation sites is 1. The Morgan fingerprint density at radius 2 is 2.11 bits per heavy atom. The van der Waals surface area contributed by atoms with Crippen LogP contribution >= 0.6 is 0 Å². The Balaban J connectivity index is 2.20. The van der Waals surface area contributed by atoms with Gasteiger partial charge in [-0.05, 0) is 12.1 Å². The first kappa shape index (κ1) is 10.5. The molecule has 6 heteroatoms. The van der Waals surface area contributed by atoms with E-state index < -0.39 is 5.97 Å². The lowest BCUT2D eigenvalue weighted by Crippen LogP contribution is -2.09. The number of carboxylic acids is 1. The van der Waals surface area contributed by atoms with Crippen molar-refractivity contribution >= 4 is 18.1 Å². The SMILES string of the molecule is O=C(O)c1nn(-c2ccccc2)c2c1CN=CN2. The molecule has 3 rings (SSSR count). The topological polar surface area (TPSA) is 79.5 Å². The van der Waals surface area contributed by atoms with Crippen molar-refractivity contribution < 1.29 is 9.90 Å². The van der Waals surface area contributed by atoms with Crippen LogP contribution in [-0.4, -0.2) is 27.2 Å². The third-order valence-corrected chi connectivity index (χ3v) is 2.73. The Bertz CT molecular complexity index is 631. The fourth-order valence-electron chi connectivity index (χ4n) is 1.92. The number of nitrogens with zero attached hydrogens (tertiary/aromatic N) is 3. The van der Waals surface area contributed by atoms with E-state index in [1.54, 1.807) is 11.0 Å². The highest BCUT2D eigenvalue weighted by atomic mass is 16.4. The molecule has 0 atom stereocenters. The zero-order valence-corrected chi connectivity index (χ0v) is 9.37. The largest absolute Gasteiger partial charge is 0.476 e. The van der Waals surface area contributed by atoms with Gasteiger partial charge in [-0.25, -0.2) is 9.48 Å². The van der Waals surface area contributed by atoms with E-state index in [1.807, 2.05) is 30.3 Å². The van der Waals surface area contributed by atoms with E-state index in [0.29, 0.717) is 17.9 Å². The fourth-order valence-corrected chi connectivity index (χ4v) is 1.92. The lowest BCUT2D eigenvalue weighted by molar-refractivity contribution is 0.0689. The van der Waals surface area contributed by atoms with Crippen LogP contribution < -0.4 is 5.32 Å². The van der Waals surface area contributed by atoms with Gasteiger partial charge in [-0.3, -0.25) is 4.99 Å². The smallest absolute Gasteiger partial charge is 0.356 e. The molecule has 0 bridgehead atoms. The van der Waals surface area contributed by atoms with Crippen molar-refractivity contribution in [1.82, 2.24) is 9.78 Å². The van der Waals surface area contributed by atoms with Crippen LogP contribution in [0.3, 0.4) is 0 Å². The van der Waals surface area contributed by atoms with Crippen LogP contribution in [0.1, 0.15) is 16.1 Å². The molecular formula is C12H10N4O2. The second-order valence-electron chi connectivity index (χ2n) is 3.84.